The molecule has 1 aromatic heterocycles. The molecule has 1 heterocycles. The predicted octanol–water partition coefficient (Wildman–Crippen LogP) is 5.50. The quantitative estimate of drug-likeness (QED) is 0.539. The van der Waals surface area contributed by atoms with E-state index in [1.165, 1.54) is 11.3 Å². The number of thiazole rings is 1. The van der Waals surface area contributed by atoms with Crippen molar-refractivity contribution in [2.45, 2.75) is 6.61 Å². The molecule has 1 amide bonds. The Morgan fingerprint density at radius 1 is 1.21 bits per heavy atom. The molecule has 24 heavy (non-hydrogen) atoms. The third kappa shape index (κ3) is 4.43. The second kappa shape index (κ2) is 7.92. The molecule has 0 unspecified atom stereocenters. The van der Waals surface area contributed by atoms with Gasteiger partial charge < -0.3 is 10.1 Å². The lowest BCUT2D eigenvalue weighted by atomic mass is 10.2. The Morgan fingerprint density at radius 3 is 2.83 bits per heavy atom. The molecule has 0 aliphatic carbocycles. The Balaban J connectivity index is 1.69. The van der Waals surface area contributed by atoms with Crippen LogP contribution in [0.2, 0.25) is 0 Å². The molecule has 4 nitrogen and oxygen atoms in total. The molecule has 122 valence electrons. The fraction of sp³-hybridized carbons (Fsp3) is 0.0588. The number of nitrogens with zero attached hydrogens (tertiary/aromatic N) is 1. The van der Waals surface area contributed by atoms with Crippen LogP contribution in [-0.4, -0.2) is 10.9 Å². The molecule has 0 saturated carbocycles. The molecule has 7 heteroatoms. The largest absolute Gasteiger partial charge is 0.487 e. The van der Waals surface area contributed by atoms with Crippen LogP contribution in [0.15, 0.2) is 62.3 Å². The summed E-state index contributed by atoms with van der Waals surface area (Å²) >= 11 is 8.34. The van der Waals surface area contributed by atoms with Crippen LogP contribution in [0, 0.1) is 0 Å². The summed E-state index contributed by atoms with van der Waals surface area (Å²) in [6, 6.07) is 12.7. The predicted molar refractivity (Wildman–Crippen MR) is 103 cm³/mol. The Kier molecular flexibility index (Phi) is 5.65. The lowest BCUT2D eigenvalue weighted by Crippen LogP contribution is -2.12. The van der Waals surface area contributed by atoms with E-state index in [1.54, 1.807) is 23.7 Å². The van der Waals surface area contributed by atoms with Gasteiger partial charge in [0, 0.05) is 19.9 Å². The van der Waals surface area contributed by atoms with E-state index < -0.39 is 0 Å². The van der Waals surface area contributed by atoms with E-state index in [0.29, 0.717) is 23.6 Å². The van der Waals surface area contributed by atoms with E-state index in [9.17, 15) is 4.79 Å². The van der Waals surface area contributed by atoms with Gasteiger partial charge in [-0.25, -0.2) is 4.98 Å². The van der Waals surface area contributed by atoms with E-state index >= 15 is 0 Å². The number of halogens is 2. The third-order valence-corrected chi connectivity index (χ3v) is 4.93. The number of hydrogen-bond donors (Lipinski definition) is 1. The molecule has 0 bridgehead atoms. The van der Waals surface area contributed by atoms with Gasteiger partial charge in [0.2, 0.25) is 0 Å². The van der Waals surface area contributed by atoms with Crippen molar-refractivity contribution in [1.29, 1.82) is 0 Å². The van der Waals surface area contributed by atoms with E-state index in [0.717, 1.165) is 14.6 Å². The van der Waals surface area contributed by atoms with Crippen molar-refractivity contribution >= 4 is 54.8 Å². The number of carbonyl (C=O) groups is 1. The first-order chi connectivity index (χ1) is 11.6. The average molecular weight is 468 g/mol. The van der Waals surface area contributed by atoms with Crippen LogP contribution in [0.1, 0.15) is 16.1 Å². The molecule has 2 aromatic carbocycles. The van der Waals surface area contributed by atoms with Crippen molar-refractivity contribution in [1.82, 2.24) is 4.98 Å². The van der Waals surface area contributed by atoms with Crippen molar-refractivity contribution < 1.29 is 9.53 Å². The Labute approximate surface area is 160 Å². The molecule has 0 spiro atoms. The van der Waals surface area contributed by atoms with Crippen LogP contribution in [0.25, 0.3) is 0 Å². The van der Waals surface area contributed by atoms with E-state index in [-0.39, 0.29) is 5.91 Å². The average Bonchev–Trinajstić information content (AvgIpc) is 3.09. The molecule has 0 atom stereocenters. The zero-order valence-corrected chi connectivity index (χ0v) is 16.3. The summed E-state index contributed by atoms with van der Waals surface area (Å²) < 4.78 is 7.42. The maximum atomic E-state index is 12.4. The number of ether oxygens (including phenoxy) is 1. The highest BCUT2D eigenvalue weighted by atomic mass is 79.9. The van der Waals surface area contributed by atoms with Crippen LogP contribution >= 0.6 is 43.2 Å². The molecule has 0 saturated heterocycles. The molecule has 0 fully saturated rings. The lowest BCUT2D eigenvalue weighted by molar-refractivity contribution is 0.102. The maximum Gasteiger partial charge on any atom is 0.255 e. The molecule has 1 N–H and O–H groups in total. The zero-order chi connectivity index (χ0) is 16.9. The van der Waals surface area contributed by atoms with Gasteiger partial charge in [0.25, 0.3) is 5.91 Å². The second-order valence-electron chi connectivity index (χ2n) is 4.87. The van der Waals surface area contributed by atoms with Gasteiger partial charge in [0.15, 0.2) is 0 Å². The summed E-state index contributed by atoms with van der Waals surface area (Å²) in [7, 11) is 0. The molecule has 3 aromatic rings. The lowest BCUT2D eigenvalue weighted by Gasteiger charge is -2.09. The fourth-order valence-corrected chi connectivity index (χ4v) is 3.67. The standard InChI is InChI=1S/C17H12Br2N2O2S/c18-12-4-5-16(15(19)7-12)21-17(22)11-2-1-3-14(6-11)23-8-13-9-24-10-20-13/h1-7,9-10H,8H2,(H,21,22). The van der Waals surface area contributed by atoms with Gasteiger partial charge >= 0.3 is 0 Å². The highest BCUT2D eigenvalue weighted by Gasteiger charge is 2.10. The summed E-state index contributed by atoms with van der Waals surface area (Å²) in [5.74, 6) is 0.433. The number of benzene rings is 2. The fourth-order valence-electron chi connectivity index (χ4n) is 1.98. The van der Waals surface area contributed by atoms with Crippen LogP contribution in [0.4, 0.5) is 5.69 Å². The molecule has 3 rings (SSSR count). The van der Waals surface area contributed by atoms with Crippen molar-refractivity contribution in [2.24, 2.45) is 0 Å². The first-order valence-corrected chi connectivity index (χ1v) is 9.51. The van der Waals surface area contributed by atoms with E-state index in [4.69, 9.17) is 4.74 Å². The third-order valence-electron chi connectivity index (χ3n) is 3.15. The number of nitrogens with one attached hydrogen (secondary N) is 1. The summed E-state index contributed by atoms with van der Waals surface area (Å²) in [4.78, 5) is 16.6. The molecule has 0 aliphatic rings. The van der Waals surface area contributed by atoms with Crippen LogP contribution in [0.5, 0.6) is 5.75 Å². The Morgan fingerprint density at radius 2 is 2.08 bits per heavy atom. The zero-order valence-electron chi connectivity index (χ0n) is 12.3. The Hall–Kier alpha value is -1.70. The number of rotatable bonds is 5. The summed E-state index contributed by atoms with van der Waals surface area (Å²) in [5.41, 5.74) is 3.87. The van der Waals surface area contributed by atoms with Crippen LogP contribution in [-0.2, 0) is 6.61 Å². The summed E-state index contributed by atoms with van der Waals surface area (Å²) in [6.45, 7) is 0.382. The van der Waals surface area contributed by atoms with Gasteiger partial charge in [-0.1, -0.05) is 22.0 Å². The van der Waals surface area contributed by atoms with E-state index in [1.807, 2.05) is 29.6 Å². The van der Waals surface area contributed by atoms with Gasteiger partial charge in [0.1, 0.15) is 12.4 Å². The van der Waals surface area contributed by atoms with Gasteiger partial charge in [-0.05, 0) is 52.3 Å². The number of amides is 1. The highest BCUT2D eigenvalue weighted by molar-refractivity contribution is 9.11. The molecule has 0 aliphatic heterocycles. The maximum absolute atomic E-state index is 12.4. The molecular weight excluding hydrogens is 456 g/mol. The van der Waals surface area contributed by atoms with Gasteiger partial charge in [-0.3, -0.25) is 4.79 Å². The summed E-state index contributed by atoms with van der Waals surface area (Å²) in [5, 5.41) is 4.81. The minimum Gasteiger partial charge on any atom is -0.487 e. The number of hydrogen-bond acceptors (Lipinski definition) is 4. The van der Waals surface area contributed by atoms with Crippen LogP contribution in [0.3, 0.4) is 0 Å². The first kappa shape index (κ1) is 17.1. The van der Waals surface area contributed by atoms with Crippen LogP contribution < -0.4 is 10.1 Å². The Bertz CT molecular complexity index is 854. The smallest absolute Gasteiger partial charge is 0.255 e. The first-order valence-electron chi connectivity index (χ1n) is 6.98. The molecular formula is C17H12Br2N2O2S. The van der Waals surface area contributed by atoms with E-state index in [2.05, 4.69) is 42.2 Å². The minimum absolute atomic E-state index is 0.197. The van der Waals surface area contributed by atoms with Gasteiger partial charge in [-0.2, -0.15) is 0 Å². The number of aromatic nitrogens is 1. The molecule has 0 radical (unpaired) electrons. The van der Waals surface area contributed by atoms with Crippen molar-refractivity contribution in [2.75, 3.05) is 5.32 Å². The minimum atomic E-state index is -0.197. The van der Waals surface area contributed by atoms with Crippen molar-refractivity contribution in [3.63, 3.8) is 0 Å². The topological polar surface area (TPSA) is 51.2 Å². The number of carbonyl (C=O) groups excluding carboxylic acids is 1. The normalized spacial score (nSPS) is 10.4. The van der Waals surface area contributed by atoms with Gasteiger partial charge in [0.05, 0.1) is 16.9 Å². The van der Waals surface area contributed by atoms with Crippen molar-refractivity contribution in [3.8, 4) is 5.75 Å². The highest BCUT2D eigenvalue weighted by Crippen LogP contribution is 2.27. The monoisotopic (exact) mass is 466 g/mol. The SMILES string of the molecule is O=C(Nc1ccc(Br)cc1Br)c1cccc(OCc2cscn2)c1. The van der Waals surface area contributed by atoms with Crippen molar-refractivity contribution in [3.05, 3.63) is 73.6 Å². The summed E-state index contributed by atoms with van der Waals surface area (Å²) in [6.07, 6.45) is 0. The second-order valence-corrected chi connectivity index (χ2v) is 7.36. The number of anilines is 1. The van der Waals surface area contributed by atoms with Gasteiger partial charge in [-0.15, -0.1) is 11.3 Å².